The Balaban J connectivity index is 0.00000272. The molecule has 8 nitrogen and oxygen atoms in total. The average Bonchev–Trinajstić information content (AvgIpc) is 3.35. The molecule has 0 radical (unpaired) electrons. The summed E-state index contributed by atoms with van der Waals surface area (Å²) in [6, 6.07) is 6.20. The zero-order valence-electron chi connectivity index (χ0n) is 18.2. The first-order chi connectivity index (χ1) is 14.8. The Morgan fingerprint density at radius 2 is 1.71 bits per heavy atom. The fourth-order valence-electron chi connectivity index (χ4n) is 4.05. The molecule has 4 rings (SSSR count). The summed E-state index contributed by atoms with van der Waals surface area (Å²) in [5.41, 5.74) is 0. The van der Waals surface area contributed by atoms with Gasteiger partial charge in [0.15, 0.2) is 5.96 Å². The summed E-state index contributed by atoms with van der Waals surface area (Å²) in [4.78, 5) is 22.9. The van der Waals surface area contributed by atoms with Gasteiger partial charge in [0, 0.05) is 78.3 Å². The van der Waals surface area contributed by atoms with E-state index >= 15 is 0 Å². The SMILES string of the molecule is CN=C(NCCCN1CCN(c2ncccn2)CC1)N1CCN(c2cccs2)CC1.I. The van der Waals surface area contributed by atoms with Gasteiger partial charge in [0.25, 0.3) is 0 Å². The lowest BCUT2D eigenvalue weighted by Gasteiger charge is -2.37. The molecule has 0 amide bonds. The van der Waals surface area contributed by atoms with Crippen molar-refractivity contribution in [1.82, 2.24) is 25.1 Å². The van der Waals surface area contributed by atoms with E-state index in [-0.39, 0.29) is 24.0 Å². The molecule has 2 saturated heterocycles. The van der Waals surface area contributed by atoms with Gasteiger partial charge in [0.1, 0.15) is 0 Å². The first-order valence-corrected chi connectivity index (χ1v) is 11.7. The molecule has 2 aliphatic heterocycles. The zero-order chi connectivity index (χ0) is 20.6. The number of piperazine rings is 2. The van der Waals surface area contributed by atoms with E-state index in [2.05, 4.69) is 57.4 Å². The monoisotopic (exact) mass is 556 g/mol. The van der Waals surface area contributed by atoms with Gasteiger partial charge in [-0.3, -0.25) is 9.89 Å². The Kier molecular flexibility index (Phi) is 9.59. The lowest BCUT2D eigenvalue weighted by atomic mass is 10.3. The van der Waals surface area contributed by atoms with Crippen molar-refractivity contribution in [3.63, 3.8) is 0 Å². The van der Waals surface area contributed by atoms with Crippen LogP contribution in [0.15, 0.2) is 41.0 Å². The average molecular weight is 557 g/mol. The van der Waals surface area contributed by atoms with Crippen LogP contribution in [0.5, 0.6) is 0 Å². The maximum absolute atomic E-state index is 4.51. The van der Waals surface area contributed by atoms with Gasteiger partial charge in [0.05, 0.1) is 5.00 Å². The maximum Gasteiger partial charge on any atom is 0.225 e. The third-order valence-electron chi connectivity index (χ3n) is 5.75. The molecule has 0 atom stereocenters. The van der Waals surface area contributed by atoms with Crippen molar-refractivity contribution in [2.75, 3.05) is 82.3 Å². The first kappa shape index (κ1) is 24.0. The second-order valence-corrected chi connectivity index (χ2v) is 8.56. The highest BCUT2D eigenvalue weighted by Gasteiger charge is 2.21. The highest BCUT2D eigenvalue weighted by Crippen LogP contribution is 2.22. The van der Waals surface area contributed by atoms with Crippen molar-refractivity contribution in [2.24, 2.45) is 4.99 Å². The molecule has 1 N–H and O–H groups in total. The smallest absolute Gasteiger partial charge is 0.225 e. The fourth-order valence-corrected chi connectivity index (χ4v) is 4.83. The number of hydrogen-bond acceptors (Lipinski definition) is 7. The highest BCUT2D eigenvalue weighted by atomic mass is 127. The van der Waals surface area contributed by atoms with Crippen LogP contribution in [0.25, 0.3) is 0 Å². The highest BCUT2D eigenvalue weighted by molar-refractivity contribution is 14.0. The maximum atomic E-state index is 4.51. The second-order valence-electron chi connectivity index (χ2n) is 7.63. The largest absolute Gasteiger partial charge is 0.360 e. The summed E-state index contributed by atoms with van der Waals surface area (Å²) in [6.07, 6.45) is 4.75. The molecule has 4 heterocycles. The Labute approximate surface area is 206 Å². The van der Waals surface area contributed by atoms with E-state index in [1.807, 2.05) is 36.8 Å². The Hall–Kier alpha value is -1.66. The topological polar surface area (TPSA) is 63.1 Å². The van der Waals surface area contributed by atoms with Gasteiger partial charge in [0.2, 0.25) is 5.95 Å². The zero-order valence-corrected chi connectivity index (χ0v) is 21.3. The van der Waals surface area contributed by atoms with Crippen LogP contribution in [0, 0.1) is 0 Å². The number of aromatic nitrogens is 2. The molecule has 2 aliphatic rings. The molecule has 2 aromatic heterocycles. The van der Waals surface area contributed by atoms with Crippen LogP contribution in [0.2, 0.25) is 0 Å². The van der Waals surface area contributed by atoms with Gasteiger partial charge in [-0.05, 0) is 36.5 Å². The van der Waals surface area contributed by atoms with Crippen molar-refractivity contribution in [1.29, 1.82) is 0 Å². The number of anilines is 2. The Morgan fingerprint density at radius 1 is 1.00 bits per heavy atom. The molecule has 0 spiro atoms. The Bertz CT molecular complexity index is 772. The summed E-state index contributed by atoms with van der Waals surface area (Å²) >= 11 is 1.82. The summed E-state index contributed by atoms with van der Waals surface area (Å²) < 4.78 is 0. The summed E-state index contributed by atoms with van der Waals surface area (Å²) in [5.74, 6) is 1.88. The number of rotatable bonds is 6. The van der Waals surface area contributed by atoms with Crippen molar-refractivity contribution in [3.05, 3.63) is 36.0 Å². The molecule has 0 bridgehead atoms. The van der Waals surface area contributed by atoms with Crippen molar-refractivity contribution >= 4 is 52.2 Å². The van der Waals surface area contributed by atoms with Gasteiger partial charge in [-0.2, -0.15) is 0 Å². The van der Waals surface area contributed by atoms with Crippen molar-refractivity contribution in [2.45, 2.75) is 6.42 Å². The Morgan fingerprint density at radius 3 is 2.35 bits per heavy atom. The molecule has 170 valence electrons. The van der Waals surface area contributed by atoms with E-state index in [1.54, 1.807) is 0 Å². The summed E-state index contributed by atoms with van der Waals surface area (Å²) in [5, 5.41) is 7.09. The summed E-state index contributed by atoms with van der Waals surface area (Å²) in [6.45, 7) is 10.3. The minimum atomic E-state index is 0. The van der Waals surface area contributed by atoms with E-state index in [9.17, 15) is 0 Å². The minimum absolute atomic E-state index is 0. The van der Waals surface area contributed by atoms with E-state index in [0.717, 1.165) is 83.8 Å². The number of guanidine groups is 1. The van der Waals surface area contributed by atoms with Gasteiger partial charge < -0.3 is 20.0 Å². The first-order valence-electron chi connectivity index (χ1n) is 10.8. The van der Waals surface area contributed by atoms with Crippen LogP contribution >= 0.6 is 35.3 Å². The molecule has 10 heteroatoms. The predicted molar refractivity (Wildman–Crippen MR) is 140 cm³/mol. The molecule has 0 saturated carbocycles. The van der Waals surface area contributed by atoms with Crippen LogP contribution in [0.4, 0.5) is 10.9 Å². The normalized spacial score (nSPS) is 18.1. The third-order valence-corrected chi connectivity index (χ3v) is 6.68. The quantitative estimate of drug-likeness (QED) is 0.253. The number of nitrogens with one attached hydrogen (secondary N) is 1. The second kappa shape index (κ2) is 12.4. The number of aliphatic imine (C=N–C) groups is 1. The predicted octanol–water partition coefficient (Wildman–Crippen LogP) is 2.07. The van der Waals surface area contributed by atoms with Gasteiger partial charge >= 0.3 is 0 Å². The fraction of sp³-hybridized carbons (Fsp3) is 0.571. The van der Waals surface area contributed by atoms with Crippen LogP contribution in [-0.2, 0) is 0 Å². The lowest BCUT2D eigenvalue weighted by Crippen LogP contribution is -2.52. The molecule has 2 aromatic rings. The van der Waals surface area contributed by atoms with E-state index in [0.29, 0.717) is 0 Å². The van der Waals surface area contributed by atoms with Crippen molar-refractivity contribution in [3.8, 4) is 0 Å². The number of halogens is 1. The summed E-state index contributed by atoms with van der Waals surface area (Å²) in [7, 11) is 1.89. The molecule has 0 aliphatic carbocycles. The molecule has 31 heavy (non-hydrogen) atoms. The van der Waals surface area contributed by atoms with Crippen LogP contribution in [-0.4, -0.2) is 98.2 Å². The standard InChI is InChI=1S/C21H32N8S.HI/c1-22-20(28-16-14-27(15-17-28)19-5-2-18-30-19)23-8-4-9-26-10-12-29(13-11-26)21-24-6-3-7-25-21;/h2-3,5-7,18H,4,8-17H2,1H3,(H,22,23);1H. The van der Waals surface area contributed by atoms with Crippen LogP contribution in [0.3, 0.4) is 0 Å². The van der Waals surface area contributed by atoms with Gasteiger partial charge in [-0.25, -0.2) is 9.97 Å². The minimum Gasteiger partial charge on any atom is -0.360 e. The van der Waals surface area contributed by atoms with E-state index in [1.165, 1.54) is 5.00 Å². The van der Waals surface area contributed by atoms with Crippen LogP contribution in [0.1, 0.15) is 6.42 Å². The van der Waals surface area contributed by atoms with Gasteiger partial charge in [-0.1, -0.05) is 0 Å². The molecular weight excluding hydrogens is 523 g/mol. The molecule has 0 aromatic carbocycles. The molecule has 2 fully saturated rings. The molecular formula is C21H33IN8S. The van der Waals surface area contributed by atoms with E-state index < -0.39 is 0 Å². The van der Waals surface area contributed by atoms with Crippen molar-refractivity contribution < 1.29 is 0 Å². The number of thiophene rings is 1. The van der Waals surface area contributed by atoms with E-state index in [4.69, 9.17) is 0 Å². The molecule has 0 unspecified atom stereocenters. The lowest BCUT2D eigenvalue weighted by molar-refractivity contribution is 0.253. The third kappa shape index (κ3) is 6.66. The number of hydrogen-bond donors (Lipinski definition) is 1. The van der Waals surface area contributed by atoms with Gasteiger partial charge in [-0.15, -0.1) is 35.3 Å². The number of nitrogens with zero attached hydrogens (tertiary/aromatic N) is 7. The van der Waals surface area contributed by atoms with Crippen LogP contribution < -0.4 is 15.1 Å².